The van der Waals surface area contributed by atoms with Crippen molar-refractivity contribution in [3.63, 3.8) is 0 Å². The normalized spacial score (nSPS) is 12.9. The average Bonchev–Trinajstić information content (AvgIpc) is 2.74. The van der Waals surface area contributed by atoms with Crippen LogP contribution in [0, 0.1) is 6.92 Å². The van der Waals surface area contributed by atoms with Crippen LogP contribution in [0.25, 0.3) is 11.3 Å². The topological polar surface area (TPSA) is 87.2 Å². The molecule has 7 heteroatoms. The van der Waals surface area contributed by atoms with Gasteiger partial charge in [0.25, 0.3) is 0 Å². The van der Waals surface area contributed by atoms with Crippen molar-refractivity contribution in [3.05, 3.63) is 78.2 Å². The number of hydrogen-bond acceptors (Lipinski definition) is 6. The molecule has 29 heavy (non-hydrogen) atoms. The van der Waals surface area contributed by atoms with E-state index in [9.17, 15) is 9.35 Å². The molecule has 1 aromatic heterocycles. The lowest BCUT2D eigenvalue weighted by Crippen LogP contribution is -2.30. The molecule has 0 aliphatic carbocycles. The van der Waals surface area contributed by atoms with E-state index in [1.54, 1.807) is 25.5 Å². The van der Waals surface area contributed by atoms with E-state index < -0.39 is 17.4 Å². The van der Waals surface area contributed by atoms with Gasteiger partial charge in [0.15, 0.2) is 4.90 Å². The van der Waals surface area contributed by atoms with E-state index in [0.717, 1.165) is 22.4 Å². The third-order valence-electron chi connectivity index (χ3n) is 4.31. The lowest BCUT2D eigenvalue weighted by atomic mass is 10.0. The van der Waals surface area contributed by atoms with Crippen molar-refractivity contribution in [2.45, 2.75) is 31.2 Å². The van der Waals surface area contributed by atoms with E-state index in [-0.39, 0.29) is 12.4 Å². The second-order valence-corrected chi connectivity index (χ2v) is 7.72. The summed E-state index contributed by atoms with van der Waals surface area (Å²) in [6.07, 6.45) is 4.98. The number of aromatic nitrogens is 2. The summed E-state index contributed by atoms with van der Waals surface area (Å²) in [6.45, 7) is 4.04. The van der Waals surface area contributed by atoms with Crippen LogP contribution < -0.4 is 4.72 Å². The Kier molecular flexibility index (Phi) is 7.35. The van der Waals surface area contributed by atoms with Gasteiger partial charge in [-0.25, -0.2) is 0 Å². The van der Waals surface area contributed by atoms with Gasteiger partial charge in [-0.1, -0.05) is 35.9 Å². The molecule has 2 atom stereocenters. The molecule has 0 amide bonds. The predicted molar refractivity (Wildman–Crippen MR) is 112 cm³/mol. The highest BCUT2D eigenvalue weighted by Gasteiger charge is 2.24. The lowest BCUT2D eigenvalue weighted by Gasteiger charge is -2.20. The fourth-order valence-electron chi connectivity index (χ4n) is 2.84. The number of aryl methyl sites for hydroxylation is 1. The van der Waals surface area contributed by atoms with Crippen LogP contribution >= 0.6 is 0 Å². The molecule has 0 radical (unpaired) electrons. The lowest BCUT2D eigenvalue weighted by molar-refractivity contribution is -0.143. The van der Waals surface area contributed by atoms with E-state index in [4.69, 9.17) is 4.74 Å². The smallest absolute Gasteiger partial charge is 0.307 e. The molecule has 1 N–H and O–H groups in total. The summed E-state index contributed by atoms with van der Waals surface area (Å²) >= 11 is -1.48. The molecular weight excluding hydrogens is 386 g/mol. The predicted octanol–water partition coefficient (Wildman–Crippen LogP) is 3.76. The molecule has 150 valence electrons. The summed E-state index contributed by atoms with van der Waals surface area (Å²) in [4.78, 5) is 21.2. The van der Waals surface area contributed by atoms with Gasteiger partial charge in [-0.15, -0.1) is 4.72 Å². The number of ether oxygens (including phenoxy) is 1. The van der Waals surface area contributed by atoms with E-state index >= 15 is 0 Å². The Bertz CT molecular complexity index is 936. The first-order chi connectivity index (χ1) is 14.1. The Morgan fingerprint density at radius 1 is 1.21 bits per heavy atom. The Morgan fingerprint density at radius 3 is 2.69 bits per heavy atom. The van der Waals surface area contributed by atoms with Crippen LogP contribution in [0.2, 0.25) is 0 Å². The second-order valence-electron chi connectivity index (χ2n) is 6.48. The fourth-order valence-corrected chi connectivity index (χ4v) is 3.83. The van der Waals surface area contributed by atoms with Crippen LogP contribution in [-0.2, 0) is 20.9 Å². The van der Waals surface area contributed by atoms with Gasteiger partial charge in [0, 0.05) is 18.0 Å². The van der Waals surface area contributed by atoms with Crippen LogP contribution in [0.4, 0.5) is 0 Å². The number of benzene rings is 2. The SMILES string of the molecule is CCOC(=O)CC(N[S+]([O-])c1ccc(C)cc1)c1cccc(-c2cnccn2)c1. The standard InChI is InChI=1S/C22H23N3O3S/c1-3-28-22(26)14-20(25-29(27)19-9-7-16(2)8-10-19)17-5-4-6-18(13-17)21-15-23-11-12-24-21/h4-13,15,20,25H,3,14H2,1-2H3. The molecule has 6 nitrogen and oxygen atoms in total. The van der Waals surface area contributed by atoms with Crippen molar-refractivity contribution >= 4 is 17.3 Å². The molecule has 0 aliphatic rings. The van der Waals surface area contributed by atoms with Crippen molar-refractivity contribution in [2.24, 2.45) is 0 Å². The number of carbonyl (C=O) groups is 1. The maximum Gasteiger partial charge on any atom is 0.307 e. The third kappa shape index (κ3) is 5.87. The van der Waals surface area contributed by atoms with E-state index in [1.165, 1.54) is 0 Å². The van der Waals surface area contributed by atoms with Gasteiger partial charge in [0.1, 0.15) is 0 Å². The number of carbonyl (C=O) groups excluding carboxylic acids is 1. The minimum atomic E-state index is -1.48. The second kappa shape index (κ2) is 10.2. The monoisotopic (exact) mass is 409 g/mol. The summed E-state index contributed by atoms with van der Waals surface area (Å²) in [5.41, 5.74) is 3.50. The minimum absolute atomic E-state index is 0.0648. The van der Waals surface area contributed by atoms with Gasteiger partial charge in [0.05, 0.1) is 42.3 Å². The minimum Gasteiger partial charge on any atom is -0.593 e. The molecule has 0 bridgehead atoms. The van der Waals surface area contributed by atoms with Gasteiger partial charge in [-0.2, -0.15) is 0 Å². The first-order valence-electron chi connectivity index (χ1n) is 9.33. The zero-order valence-corrected chi connectivity index (χ0v) is 17.2. The molecule has 3 rings (SSSR count). The first-order valence-corrected chi connectivity index (χ1v) is 10.5. The molecule has 3 aromatic rings. The molecular formula is C22H23N3O3S. The van der Waals surface area contributed by atoms with Crippen LogP contribution in [0.1, 0.15) is 30.5 Å². The highest BCUT2D eigenvalue weighted by atomic mass is 32.2. The Balaban J connectivity index is 1.87. The van der Waals surface area contributed by atoms with Gasteiger partial charge < -0.3 is 9.29 Å². The summed E-state index contributed by atoms with van der Waals surface area (Å²) < 4.78 is 21.0. The van der Waals surface area contributed by atoms with Crippen molar-refractivity contribution < 1.29 is 14.1 Å². The zero-order chi connectivity index (χ0) is 20.6. The van der Waals surface area contributed by atoms with E-state index in [2.05, 4.69) is 14.7 Å². The molecule has 0 saturated carbocycles. The van der Waals surface area contributed by atoms with Crippen LogP contribution in [0.5, 0.6) is 0 Å². The van der Waals surface area contributed by atoms with Gasteiger partial charge in [0.2, 0.25) is 0 Å². The zero-order valence-electron chi connectivity index (χ0n) is 16.4. The fraction of sp³-hybridized carbons (Fsp3) is 0.227. The molecule has 0 spiro atoms. The highest BCUT2D eigenvalue weighted by Crippen LogP contribution is 2.25. The number of hydrogen-bond donors (Lipinski definition) is 1. The Hall–Kier alpha value is -2.74. The largest absolute Gasteiger partial charge is 0.593 e. The maximum absolute atomic E-state index is 12.9. The summed E-state index contributed by atoms with van der Waals surface area (Å²) in [5.74, 6) is -0.351. The Labute approximate surface area is 173 Å². The van der Waals surface area contributed by atoms with Gasteiger partial charge in [-0.3, -0.25) is 14.8 Å². The number of rotatable bonds is 8. The summed E-state index contributed by atoms with van der Waals surface area (Å²) in [7, 11) is 0. The number of nitrogens with one attached hydrogen (secondary N) is 1. The Morgan fingerprint density at radius 2 is 2.00 bits per heavy atom. The highest BCUT2D eigenvalue weighted by molar-refractivity contribution is 7.89. The third-order valence-corrected chi connectivity index (χ3v) is 5.51. The number of nitrogens with zero attached hydrogens (tertiary/aromatic N) is 2. The van der Waals surface area contributed by atoms with Crippen molar-refractivity contribution in [1.82, 2.24) is 14.7 Å². The van der Waals surface area contributed by atoms with E-state index in [0.29, 0.717) is 11.5 Å². The average molecular weight is 410 g/mol. The molecule has 2 unspecified atom stereocenters. The molecule has 0 aliphatic heterocycles. The maximum atomic E-state index is 12.9. The first kappa shape index (κ1) is 21.0. The van der Waals surface area contributed by atoms with Gasteiger partial charge >= 0.3 is 5.97 Å². The molecule has 1 heterocycles. The van der Waals surface area contributed by atoms with Crippen molar-refractivity contribution in [3.8, 4) is 11.3 Å². The van der Waals surface area contributed by atoms with E-state index in [1.807, 2.05) is 55.5 Å². The summed E-state index contributed by atoms with van der Waals surface area (Å²) in [5, 5.41) is 0. The van der Waals surface area contributed by atoms with Crippen LogP contribution in [0.15, 0.2) is 72.0 Å². The van der Waals surface area contributed by atoms with Crippen LogP contribution in [0.3, 0.4) is 0 Å². The molecule has 0 fully saturated rings. The van der Waals surface area contributed by atoms with Crippen molar-refractivity contribution in [1.29, 1.82) is 0 Å². The van der Waals surface area contributed by atoms with Crippen molar-refractivity contribution in [2.75, 3.05) is 6.61 Å². The van der Waals surface area contributed by atoms with Crippen LogP contribution in [-0.4, -0.2) is 27.1 Å². The summed E-state index contributed by atoms with van der Waals surface area (Å²) in [6, 6.07) is 14.6. The molecule has 2 aromatic carbocycles. The number of esters is 1. The quantitative estimate of drug-likeness (QED) is 0.450. The molecule has 0 saturated heterocycles. The van der Waals surface area contributed by atoms with Gasteiger partial charge in [-0.05, 0) is 37.6 Å².